The Morgan fingerprint density at radius 1 is 1.10 bits per heavy atom. The van der Waals surface area contributed by atoms with Crippen LogP contribution in [0.5, 0.6) is 5.75 Å². The van der Waals surface area contributed by atoms with Gasteiger partial charge >= 0.3 is 0 Å². The van der Waals surface area contributed by atoms with Crippen LogP contribution >= 0.6 is 0 Å². The normalized spacial score (nSPS) is 17.0. The minimum atomic E-state index is 0.530. The molecule has 1 aliphatic carbocycles. The van der Waals surface area contributed by atoms with Gasteiger partial charge in [-0.1, -0.05) is 51.7 Å². The number of ether oxygens (including phenoxy) is 1. The standard InChI is InChI=1S/C19H31NO/c1-3-4-7-14-21-18-10-8-17(9-11-18)15-20-16-19(2)12-5-6-13-19/h8-11,20H,3-7,12-16H2,1-2H3. The Hall–Kier alpha value is -1.02. The molecule has 1 saturated carbocycles. The summed E-state index contributed by atoms with van der Waals surface area (Å²) in [6, 6.07) is 8.55. The molecule has 0 heterocycles. The summed E-state index contributed by atoms with van der Waals surface area (Å²) in [5.74, 6) is 0.998. The van der Waals surface area contributed by atoms with Crippen molar-refractivity contribution < 1.29 is 4.74 Å². The molecular formula is C19H31NO. The molecule has 2 nitrogen and oxygen atoms in total. The third-order valence-corrected chi connectivity index (χ3v) is 4.63. The molecule has 21 heavy (non-hydrogen) atoms. The Labute approximate surface area is 130 Å². The van der Waals surface area contributed by atoms with Gasteiger partial charge in [0, 0.05) is 13.1 Å². The average molecular weight is 289 g/mol. The van der Waals surface area contributed by atoms with Crippen LogP contribution in [0.3, 0.4) is 0 Å². The van der Waals surface area contributed by atoms with Crippen molar-refractivity contribution in [2.75, 3.05) is 13.2 Å². The fraction of sp³-hybridized carbons (Fsp3) is 0.684. The van der Waals surface area contributed by atoms with E-state index in [9.17, 15) is 0 Å². The van der Waals surface area contributed by atoms with Crippen molar-refractivity contribution in [3.05, 3.63) is 29.8 Å². The van der Waals surface area contributed by atoms with Crippen LogP contribution in [0.2, 0.25) is 0 Å². The van der Waals surface area contributed by atoms with Crippen molar-refractivity contribution in [1.82, 2.24) is 5.32 Å². The van der Waals surface area contributed by atoms with Crippen molar-refractivity contribution >= 4 is 0 Å². The maximum Gasteiger partial charge on any atom is 0.119 e. The second-order valence-electron chi connectivity index (χ2n) is 6.82. The minimum absolute atomic E-state index is 0.530. The second-order valence-corrected chi connectivity index (χ2v) is 6.82. The first-order valence-corrected chi connectivity index (χ1v) is 8.64. The summed E-state index contributed by atoms with van der Waals surface area (Å²) < 4.78 is 5.74. The van der Waals surface area contributed by atoms with Crippen LogP contribution in [-0.4, -0.2) is 13.2 Å². The second kappa shape index (κ2) is 8.43. The lowest BCUT2D eigenvalue weighted by atomic mass is 9.89. The molecule has 0 bridgehead atoms. The number of hydrogen-bond acceptors (Lipinski definition) is 2. The van der Waals surface area contributed by atoms with Crippen LogP contribution in [0.1, 0.15) is 64.4 Å². The van der Waals surface area contributed by atoms with Crippen molar-refractivity contribution in [1.29, 1.82) is 0 Å². The van der Waals surface area contributed by atoms with Crippen LogP contribution in [0.15, 0.2) is 24.3 Å². The summed E-state index contributed by atoms with van der Waals surface area (Å²) >= 11 is 0. The van der Waals surface area contributed by atoms with Gasteiger partial charge in [-0.05, 0) is 42.4 Å². The topological polar surface area (TPSA) is 21.3 Å². The summed E-state index contributed by atoms with van der Waals surface area (Å²) in [7, 11) is 0. The summed E-state index contributed by atoms with van der Waals surface area (Å²) in [5.41, 5.74) is 1.88. The summed E-state index contributed by atoms with van der Waals surface area (Å²) in [6.07, 6.45) is 9.21. The lowest BCUT2D eigenvalue weighted by Gasteiger charge is -2.23. The molecule has 0 spiro atoms. The van der Waals surface area contributed by atoms with Crippen LogP contribution in [0, 0.1) is 5.41 Å². The van der Waals surface area contributed by atoms with Gasteiger partial charge in [-0.2, -0.15) is 0 Å². The zero-order chi connectivity index (χ0) is 15.0. The van der Waals surface area contributed by atoms with Gasteiger partial charge in [-0.25, -0.2) is 0 Å². The Kier molecular flexibility index (Phi) is 6.56. The van der Waals surface area contributed by atoms with E-state index >= 15 is 0 Å². The molecule has 0 saturated heterocycles. The molecule has 0 amide bonds. The molecule has 1 aromatic rings. The lowest BCUT2D eigenvalue weighted by molar-refractivity contribution is 0.306. The summed E-state index contributed by atoms with van der Waals surface area (Å²) in [5, 5.41) is 3.62. The van der Waals surface area contributed by atoms with E-state index in [-0.39, 0.29) is 0 Å². The van der Waals surface area contributed by atoms with E-state index in [1.165, 1.54) is 44.1 Å². The fourth-order valence-corrected chi connectivity index (χ4v) is 3.16. The molecule has 0 atom stereocenters. The SMILES string of the molecule is CCCCCOc1ccc(CNCC2(C)CCCC2)cc1. The monoisotopic (exact) mass is 289 g/mol. The zero-order valence-electron chi connectivity index (χ0n) is 13.8. The van der Waals surface area contributed by atoms with Crippen molar-refractivity contribution in [3.8, 4) is 5.75 Å². The fourth-order valence-electron chi connectivity index (χ4n) is 3.16. The van der Waals surface area contributed by atoms with E-state index in [2.05, 4.69) is 43.4 Å². The first-order valence-electron chi connectivity index (χ1n) is 8.64. The Bertz CT molecular complexity index is 393. The predicted octanol–water partition coefficient (Wildman–Crippen LogP) is 4.93. The number of hydrogen-bond donors (Lipinski definition) is 1. The molecule has 1 aromatic carbocycles. The highest BCUT2D eigenvalue weighted by Crippen LogP contribution is 2.36. The predicted molar refractivity (Wildman–Crippen MR) is 89.7 cm³/mol. The number of unbranched alkanes of at least 4 members (excludes halogenated alkanes) is 2. The molecular weight excluding hydrogens is 258 g/mol. The molecule has 2 heteroatoms. The Morgan fingerprint density at radius 3 is 2.48 bits per heavy atom. The largest absolute Gasteiger partial charge is 0.494 e. The first-order chi connectivity index (χ1) is 10.2. The Morgan fingerprint density at radius 2 is 1.81 bits per heavy atom. The molecule has 2 rings (SSSR count). The Balaban J connectivity index is 1.67. The molecule has 0 unspecified atom stereocenters. The highest BCUT2D eigenvalue weighted by molar-refractivity contribution is 5.27. The van der Waals surface area contributed by atoms with E-state index in [0.717, 1.165) is 31.9 Å². The summed E-state index contributed by atoms with van der Waals surface area (Å²) in [6.45, 7) is 7.58. The maximum atomic E-state index is 5.74. The number of nitrogens with one attached hydrogen (secondary N) is 1. The van der Waals surface area contributed by atoms with Gasteiger partial charge in [-0.3, -0.25) is 0 Å². The van der Waals surface area contributed by atoms with Crippen LogP contribution in [0.4, 0.5) is 0 Å². The molecule has 118 valence electrons. The van der Waals surface area contributed by atoms with E-state index in [0.29, 0.717) is 5.41 Å². The van der Waals surface area contributed by atoms with Crippen LogP contribution in [0.25, 0.3) is 0 Å². The first kappa shape index (κ1) is 16.4. The third kappa shape index (κ3) is 5.70. The average Bonchev–Trinajstić information content (AvgIpc) is 2.92. The molecule has 0 aliphatic heterocycles. The third-order valence-electron chi connectivity index (χ3n) is 4.63. The maximum absolute atomic E-state index is 5.74. The molecule has 0 radical (unpaired) electrons. The van der Waals surface area contributed by atoms with E-state index < -0.39 is 0 Å². The van der Waals surface area contributed by atoms with E-state index in [1.54, 1.807) is 0 Å². The quantitative estimate of drug-likeness (QED) is 0.651. The summed E-state index contributed by atoms with van der Waals surface area (Å²) in [4.78, 5) is 0. The van der Waals surface area contributed by atoms with E-state index in [1.807, 2.05) is 0 Å². The number of benzene rings is 1. The van der Waals surface area contributed by atoms with Gasteiger partial charge in [0.25, 0.3) is 0 Å². The lowest BCUT2D eigenvalue weighted by Crippen LogP contribution is -2.29. The van der Waals surface area contributed by atoms with Crippen molar-refractivity contribution in [3.63, 3.8) is 0 Å². The van der Waals surface area contributed by atoms with Gasteiger partial charge in [-0.15, -0.1) is 0 Å². The van der Waals surface area contributed by atoms with E-state index in [4.69, 9.17) is 4.74 Å². The molecule has 0 aromatic heterocycles. The van der Waals surface area contributed by atoms with Crippen molar-refractivity contribution in [2.24, 2.45) is 5.41 Å². The van der Waals surface area contributed by atoms with Crippen molar-refractivity contribution in [2.45, 2.75) is 65.3 Å². The van der Waals surface area contributed by atoms with Crippen LogP contribution in [-0.2, 0) is 6.54 Å². The van der Waals surface area contributed by atoms with Gasteiger partial charge in [0.1, 0.15) is 5.75 Å². The van der Waals surface area contributed by atoms with Gasteiger partial charge in [0.15, 0.2) is 0 Å². The molecule has 1 fully saturated rings. The molecule has 1 N–H and O–H groups in total. The van der Waals surface area contributed by atoms with Gasteiger partial charge in [0.2, 0.25) is 0 Å². The van der Waals surface area contributed by atoms with Crippen LogP contribution < -0.4 is 10.1 Å². The zero-order valence-corrected chi connectivity index (χ0v) is 13.8. The van der Waals surface area contributed by atoms with Gasteiger partial charge < -0.3 is 10.1 Å². The smallest absolute Gasteiger partial charge is 0.119 e. The molecule has 1 aliphatic rings. The highest BCUT2D eigenvalue weighted by atomic mass is 16.5. The minimum Gasteiger partial charge on any atom is -0.494 e. The number of rotatable bonds is 9. The highest BCUT2D eigenvalue weighted by Gasteiger charge is 2.27. The van der Waals surface area contributed by atoms with Gasteiger partial charge in [0.05, 0.1) is 6.61 Å².